The van der Waals surface area contributed by atoms with E-state index in [1.807, 2.05) is 5.38 Å². The number of hydrogen-bond donors (Lipinski definition) is 1. The van der Waals surface area contributed by atoms with Crippen molar-refractivity contribution in [3.63, 3.8) is 0 Å². The number of halogens is 2. The molecule has 1 aromatic heterocycles. The van der Waals surface area contributed by atoms with Gasteiger partial charge in [-0.3, -0.25) is 4.79 Å². The second-order valence-corrected chi connectivity index (χ2v) is 5.98. The molecule has 2 aromatic rings. The van der Waals surface area contributed by atoms with Crippen LogP contribution in [0, 0.1) is 11.6 Å². The molecule has 1 amide bonds. The average Bonchev–Trinajstić information content (AvgIpc) is 3.15. The molecule has 0 saturated carbocycles. The van der Waals surface area contributed by atoms with E-state index in [2.05, 4.69) is 15.2 Å². The maximum atomic E-state index is 13.6. The van der Waals surface area contributed by atoms with Gasteiger partial charge in [0.2, 0.25) is 0 Å². The maximum absolute atomic E-state index is 13.6. The second-order valence-electron chi connectivity index (χ2n) is 5.11. The highest BCUT2D eigenvalue weighted by atomic mass is 32.1. The van der Waals surface area contributed by atoms with E-state index in [-0.39, 0.29) is 6.04 Å². The minimum Gasteiger partial charge on any atom is -0.350 e. The van der Waals surface area contributed by atoms with Crippen molar-refractivity contribution in [1.29, 1.82) is 0 Å². The van der Waals surface area contributed by atoms with Gasteiger partial charge in [-0.05, 0) is 25.0 Å². The molecule has 2 heterocycles. The standard InChI is InChI=1S/C15H15F2N3OS/c16-11-4-1-5-12(17)13(11)14(21)19-9-10-3-2-7-20(10)15-18-6-8-22-15/h1,4-6,8,10H,2-3,7,9H2,(H,19,21). The summed E-state index contributed by atoms with van der Waals surface area (Å²) in [6.07, 6.45) is 3.66. The molecule has 1 aliphatic heterocycles. The molecular weight excluding hydrogens is 308 g/mol. The highest BCUT2D eigenvalue weighted by Crippen LogP contribution is 2.26. The van der Waals surface area contributed by atoms with Gasteiger partial charge in [0.15, 0.2) is 5.13 Å². The molecule has 0 spiro atoms. The Bertz CT molecular complexity index is 643. The van der Waals surface area contributed by atoms with E-state index in [0.29, 0.717) is 6.54 Å². The second kappa shape index (κ2) is 6.39. The van der Waals surface area contributed by atoms with Gasteiger partial charge in [0, 0.05) is 30.7 Å². The predicted octanol–water partition coefficient (Wildman–Crippen LogP) is 2.82. The van der Waals surface area contributed by atoms with Gasteiger partial charge in [0.25, 0.3) is 5.91 Å². The molecule has 0 radical (unpaired) electrons. The monoisotopic (exact) mass is 323 g/mol. The minimum absolute atomic E-state index is 0.102. The molecule has 22 heavy (non-hydrogen) atoms. The number of hydrogen-bond acceptors (Lipinski definition) is 4. The Morgan fingerprint density at radius 3 is 2.86 bits per heavy atom. The van der Waals surface area contributed by atoms with Crippen molar-refractivity contribution in [3.05, 3.63) is 47.0 Å². The number of benzene rings is 1. The van der Waals surface area contributed by atoms with Crippen LogP contribution in [0.4, 0.5) is 13.9 Å². The highest BCUT2D eigenvalue weighted by molar-refractivity contribution is 7.13. The van der Waals surface area contributed by atoms with Crippen LogP contribution in [-0.4, -0.2) is 30.0 Å². The topological polar surface area (TPSA) is 45.2 Å². The van der Waals surface area contributed by atoms with Gasteiger partial charge in [0.1, 0.15) is 17.2 Å². The van der Waals surface area contributed by atoms with Crippen LogP contribution in [0.15, 0.2) is 29.8 Å². The van der Waals surface area contributed by atoms with Gasteiger partial charge < -0.3 is 10.2 Å². The van der Waals surface area contributed by atoms with Crippen LogP contribution in [0.25, 0.3) is 0 Å². The number of aromatic nitrogens is 1. The van der Waals surface area contributed by atoms with E-state index in [9.17, 15) is 13.6 Å². The lowest BCUT2D eigenvalue weighted by Gasteiger charge is -2.24. The van der Waals surface area contributed by atoms with Gasteiger partial charge >= 0.3 is 0 Å². The summed E-state index contributed by atoms with van der Waals surface area (Å²) in [5.74, 6) is -2.41. The number of thiazole rings is 1. The SMILES string of the molecule is O=C(NCC1CCCN1c1nccs1)c1c(F)cccc1F. The molecule has 1 saturated heterocycles. The lowest BCUT2D eigenvalue weighted by Crippen LogP contribution is -2.40. The summed E-state index contributed by atoms with van der Waals surface area (Å²) >= 11 is 1.54. The Labute approximate surface area is 130 Å². The fourth-order valence-corrected chi connectivity index (χ4v) is 3.41. The van der Waals surface area contributed by atoms with Crippen LogP contribution < -0.4 is 10.2 Å². The third-order valence-electron chi connectivity index (χ3n) is 3.73. The van der Waals surface area contributed by atoms with Crippen LogP contribution in [-0.2, 0) is 0 Å². The van der Waals surface area contributed by atoms with Gasteiger partial charge in [0.05, 0.1) is 0 Å². The Balaban J connectivity index is 1.66. The number of carbonyl (C=O) groups is 1. The largest absolute Gasteiger partial charge is 0.350 e. The molecule has 7 heteroatoms. The van der Waals surface area contributed by atoms with E-state index >= 15 is 0 Å². The van der Waals surface area contributed by atoms with Crippen LogP contribution in [0.5, 0.6) is 0 Å². The van der Waals surface area contributed by atoms with Crippen molar-refractivity contribution in [2.24, 2.45) is 0 Å². The normalized spacial score (nSPS) is 17.7. The summed E-state index contributed by atoms with van der Waals surface area (Å²) in [6, 6.07) is 3.50. The number of carbonyl (C=O) groups excluding carboxylic acids is 1. The van der Waals surface area contributed by atoms with E-state index in [4.69, 9.17) is 0 Å². The molecule has 1 unspecified atom stereocenters. The molecule has 0 aliphatic carbocycles. The minimum atomic E-state index is -0.847. The molecule has 1 aliphatic rings. The molecule has 0 bridgehead atoms. The summed E-state index contributed by atoms with van der Waals surface area (Å²) in [7, 11) is 0. The van der Waals surface area contributed by atoms with Crippen molar-refractivity contribution in [3.8, 4) is 0 Å². The fraction of sp³-hybridized carbons (Fsp3) is 0.333. The highest BCUT2D eigenvalue weighted by Gasteiger charge is 2.27. The van der Waals surface area contributed by atoms with Crippen LogP contribution in [0.2, 0.25) is 0 Å². The zero-order valence-electron chi connectivity index (χ0n) is 11.8. The molecule has 116 valence electrons. The van der Waals surface area contributed by atoms with E-state index in [1.165, 1.54) is 6.07 Å². The number of anilines is 1. The van der Waals surface area contributed by atoms with Crippen molar-refractivity contribution in [1.82, 2.24) is 10.3 Å². The summed E-state index contributed by atoms with van der Waals surface area (Å²) in [5.41, 5.74) is -0.527. The van der Waals surface area contributed by atoms with Crippen molar-refractivity contribution in [2.45, 2.75) is 18.9 Å². The molecule has 4 nitrogen and oxygen atoms in total. The van der Waals surface area contributed by atoms with Crippen molar-refractivity contribution < 1.29 is 13.6 Å². The molecular formula is C15H15F2N3OS. The zero-order valence-corrected chi connectivity index (χ0v) is 12.6. The average molecular weight is 323 g/mol. The molecule has 1 atom stereocenters. The Morgan fingerprint density at radius 1 is 1.41 bits per heavy atom. The molecule has 1 aromatic carbocycles. The third kappa shape index (κ3) is 2.94. The molecule has 3 rings (SSSR count). The van der Waals surface area contributed by atoms with Gasteiger partial charge in [-0.25, -0.2) is 13.8 Å². The number of rotatable bonds is 4. The molecule has 1 fully saturated rings. The first-order chi connectivity index (χ1) is 10.7. The zero-order chi connectivity index (χ0) is 15.5. The number of nitrogens with zero attached hydrogens (tertiary/aromatic N) is 2. The van der Waals surface area contributed by atoms with E-state index in [0.717, 1.165) is 36.7 Å². The third-order valence-corrected chi connectivity index (χ3v) is 4.54. The predicted molar refractivity (Wildman–Crippen MR) is 81.2 cm³/mol. The first kappa shape index (κ1) is 14.9. The van der Waals surface area contributed by atoms with Crippen LogP contribution in [0.1, 0.15) is 23.2 Å². The Hall–Kier alpha value is -2.02. The first-order valence-corrected chi connectivity index (χ1v) is 7.93. The van der Waals surface area contributed by atoms with E-state index < -0.39 is 23.1 Å². The number of amides is 1. The lowest BCUT2D eigenvalue weighted by atomic mass is 10.1. The van der Waals surface area contributed by atoms with Crippen molar-refractivity contribution >= 4 is 22.4 Å². The Kier molecular flexibility index (Phi) is 4.33. The van der Waals surface area contributed by atoms with Gasteiger partial charge in [-0.2, -0.15) is 0 Å². The summed E-state index contributed by atoms with van der Waals surface area (Å²) in [5, 5.41) is 5.44. The lowest BCUT2D eigenvalue weighted by molar-refractivity contribution is 0.0943. The smallest absolute Gasteiger partial charge is 0.257 e. The van der Waals surface area contributed by atoms with E-state index in [1.54, 1.807) is 17.5 Å². The fourth-order valence-electron chi connectivity index (χ4n) is 2.67. The van der Waals surface area contributed by atoms with Gasteiger partial charge in [-0.15, -0.1) is 11.3 Å². The summed E-state index contributed by atoms with van der Waals surface area (Å²) in [6.45, 7) is 1.22. The quantitative estimate of drug-likeness (QED) is 0.941. The van der Waals surface area contributed by atoms with Crippen molar-refractivity contribution in [2.75, 3.05) is 18.0 Å². The number of nitrogens with one attached hydrogen (secondary N) is 1. The maximum Gasteiger partial charge on any atom is 0.257 e. The van der Waals surface area contributed by atoms with Crippen LogP contribution in [0.3, 0.4) is 0 Å². The summed E-state index contributed by atoms with van der Waals surface area (Å²) < 4.78 is 27.2. The van der Waals surface area contributed by atoms with Crippen LogP contribution >= 0.6 is 11.3 Å². The Morgan fingerprint density at radius 2 is 2.18 bits per heavy atom. The molecule has 1 N–H and O–H groups in total. The first-order valence-electron chi connectivity index (χ1n) is 7.05. The van der Waals surface area contributed by atoms with Gasteiger partial charge in [-0.1, -0.05) is 6.07 Å². The summed E-state index contributed by atoms with van der Waals surface area (Å²) in [4.78, 5) is 18.4.